The van der Waals surface area contributed by atoms with Crippen molar-refractivity contribution < 1.29 is 13.9 Å². The Balaban J connectivity index is 1.91. The van der Waals surface area contributed by atoms with Gasteiger partial charge in [-0.15, -0.1) is 0 Å². The maximum absolute atomic E-state index is 12.4. The number of nitriles is 1. The number of hydrogen-bond acceptors (Lipinski definition) is 4. The molecule has 21 heavy (non-hydrogen) atoms. The van der Waals surface area contributed by atoms with E-state index in [1.54, 1.807) is 24.3 Å². The molecule has 1 aliphatic carbocycles. The highest BCUT2D eigenvalue weighted by atomic mass is 16.5. The number of furan rings is 1. The molecule has 0 saturated heterocycles. The molecule has 106 valence electrons. The summed E-state index contributed by atoms with van der Waals surface area (Å²) in [4.78, 5) is 12.4. The Bertz CT molecular complexity index is 723. The highest BCUT2D eigenvalue weighted by Gasteiger charge is 2.31. The van der Waals surface area contributed by atoms with Gasteiger partial charge in [0.15, 0.2) is 0 Å². The zero-order valence-corrected chi connectivity index (χ0v) is 11.6. The van der Waals surface area contributed by atoms with Gasteiger partial charge in [0, 0.05) is 5.92 Å². The number of amides is 1. The molecule has 0 spiro atoms. The summed E-state index contributed by atoms with van der Waals surface area (Å²) in [5, 5.41) is 11.9. The molecule has 3 rings (SSSR count). The van der Waals surface area contributed by atoms with Gasteiger partial charge in [-0.05, 0) is 31.0 Å². The average Bonchev–Trinajstić information content (AvgIpc) is 3.24. The van der Waals surface area contributed by atoms with Gasteiger partial charge < -0.3 is 14.5 Å². The van der Waals surface area contributed by atoms with E-state index in [1.165, 1.54) is 13.4 Å². The van der Waals surface area contributed by atoms with Gasteiger partial charge in [0.05, 0.1) is 24.5 Å². The number of nitrogens with one attached hydrogen (secondary N) is 1. The SMILES string of the molecule is COc1cccc(C#N)c1NC(=O)c1ccoc1C1CC1. The van der Waals surface area contributed by atoms with E-state index in [4.69, 9.17) is 14.4 Å². The van der Waals surface area contributed by atoms with Gasteiger partial charge in [0.1, 0.15) is 23.3 Å². The third-order valence-electron chi connectivity index (χ3n) is 3.49. The maximum atomic E-state index is 12.4. The van der Waals surface area contributed by atoms with Crippen LogP contribution in [0.5, 0.6) is 5.75 Å². The molecule has 0 bridgehead atoms. The summed E-state index contributed by atoms with van der Waals surface area (Å²) in [7, 11) is 1.50. The van der Waals surface area contributed by atoms with Gasteiger partial charge in [-0.2, -0.15) is 5.26 Å². The van der Waals surface area contributed by atoms with Crippen molar-refractivity contribution in [1.82, 2.24) is 0 Å². The molecule has 1 aromatic carbocycles. The molecule has 1 aromatic heterocycles. The van der Waals surface area contributed by atoms with Crippen molar-refractivity contribution in [1.29, 1.82) is 5.26 Å². The fourth-order valence-corrected chi connectivity index (χ4v) is 2.27. The molecule has 5 nitrogen and oxygen atoms in total. The summed E-state index contributed by atoms with van der Waals surface area (Å²) in [6.45, 7) is 0. The first-order valence-corrected chi connectivity index (χ1v) is 6.70. The fourth-order valence-electron chi connectivity index (χ4n) is 2.27. The number of ether oxygens (including phenoxy) is 1. The summed E-state index contributed by atoms with van der Waals surface area (Å²) in [5.74, 6) is 1.24. The number of rotatable bonds is 4. The molecular formula is C16H14N2O3. The number of carbonyl (C=O) groups is 1. The quantitative estimate of drug-likeness (QED) is 0.933. The lowest BCUT2D eigenvalue weighted by Gasteiger charge is -2.11. The molecule has 2 aromatic rings. The van der Waals surface area contributed by atoms with Crippen LogP contribution in [0, 0.1) is 11.3 Å². The summed E-state index contributed by atoms with van der Waals surface area (Å²) < 4.78 is 10.6. The van der Waals surface area contributed by atoms with E-state index in [1.807, 2.05) is 0 Å². The molecule has 1 fully saturated rings. The Labute approximate surface area is 122 Å². The summed E-state index contributed by atoms with van der Waals surface area (Å²) in [6.07, 6.45) is 3.62. The van der Waals surface area contributed by atoms with E-state index in [0.717, 1.165) is 18.6 Å². The van der Waals surface area contributed by atoms with Gasteiger partial charge in [-0.3, -0.25) is 4.79 Å². The molecule has 1 saturated carbocycles. The number of hydrogen-bond donors (Lipinski definition) is 1. The standard InChI is InChI=1S/C16H14N2O3/c1-20-13-4-2-3-11(9-17)14(13)18-16(19)12-7-8-21-15(12)10-5-6-10/h2-4,7-8,10H,5-6H2,1H3,(H,18,19). The van der Waals surface area contributed by atoms with Crippen LogP contribution in [0.25, 0.3) is 0 Å². The minimum Gasteiger partial charge on any atom is -0.495 e. The lowest BCUT2D eigenvalue weighted by atomic mass is 10.1. The van der Waals surface area contributed by atoms with E-state index in [0.29, 0.717) is 28.5 Å². The van der Waals surface area contributed by atoms with Gasteiger partial charge in [0.2, 0.25) is 0 Å². The highest BCUT2D eigenvalue weighted by molar-refractivity contribution is 6.06. The minimum absolute atomic E-state index is 0.286. The van der Waals surface area contributed by atoms with Crippen LogP contribution in [0.1, 0.15) is 40.4 Å². The number of anilines is 1. The molecule has 1 amide bonds. The van der Waals surface area contributed by atoms with E-state index in [-0.39, 0.29) is 5.91 Å². The second-order valence-electron chi connectivity index (χ2n) is 4.92. The topological polar surface area (TPSA) is 75.3 Å². The van der Waals surface area contributed by atoms with Crippen LogP contribution in [-0.2, 0) is 0 Å². The van der Waals surface area contributed by atoms with Crippen LogP contribution in [-0.4, -0.2) is 13.0 Å². The van der Waals surface area contributed by atoms with Crippen molar-refractivity contribution in [2.45, 2.75) is 18.8 Å². The number of para-hydroxylation sites is 1. The molecule has 0 unspecified atom stereocenters. The third-order valence-corrected chi connectivity index (χ3v) is 3.49. The van der Waals surface area contributed by atoms with E-state index in [9.17, 15) is 4.79 Å². The van der Waals surface area contributed by atoms with Gasteiger partial charge in [-0.25, -0.2) is 0 Å². The van der Waals surface area contributed by atoms with Crippen LogP contribution >= 0.6 is 0 Å². The maximum Gasteiger partial charge on any atom is 0.259 e. The lowest BCUT2D eigenvalue weighted by Crippen LogP contribution is -2.14. The first-order valence-electron chi connectivity index (χ1n) is 6.70. The molecule has 0 atom stereocenters. The predicted octanol–water partition coefficient (Wildman–Crippen LogP) is 3.29. The summed E-state index contributed by atoms with van der Waals surface area (Å²) >= 11 is 0. The molecule has 0 radical (unpaired) electrons. The Morgan fingerprint density at radius 2 is 2.24 bits per heavy atom. The van der Waals surface area contributed by atoms with Gasteiger partial charge in [0.25, 0.3) is 5.91 Å². The average molecular weight is 282 g/mol. The number of methoxy groups -OCH3 is 1. The van der Waals surface area contributed by atoms with Crippen molar-refractivity contribution >= 4 is 11.6 Å². The smallest absolute Gasteiger partial charge is 0.259 e. The lowest BCUT2D eigenvalue weighted by molar-refractivity contribution is 0.102. The first kappa shape index (κ1) is 13.3. The van der Waals surface area contributed by atoms with E-state index in [2.05, 4.69) is 11.4 Å². The van der Waals surface area contributed by atoms with Crippen LogP contribution < -0.4 is 10.1 Å². The molecular weight excluding hydrogens is 268 g/mol. The Morgan fingerprint density at radius 3 is 2.90 bits per heavy atom. The largest absolute Gasteiger partial charge is 0.495 e. The Morgan fingerprint density at radius 1 is 1.43 bits per heavy atom. The molecule has 5 heteroatoms. The van der Waals surface area contributed by atoms with Crippen LogP contribution in [0.3, 0.4) is 0 Å². The number of benzene rings is 1. The Hall–Kier alpha value is -2.74. The zero-order chi connectivity index (χ0) is 14.8. The predicted molar refractivity (Wildman–Crippen MR) is 76.3 cm³/mol. The molecule has 1 heterocycles. The van der Waals surface area contributed by atoms with Crippen molar-refractivity contribution in [2.24, 2.45) is 0 Å². The Kier molecular flexibility index (Phi) is 3.36. The number of nitrogens with zero attached hydrogens (tertiary/aromatic N) is 1. The first-order chi connectivity index (χ1) is 10.2. The second kappa shape index (κ2) is 5.33. The zero-order valence-electron chi connectivity index (χ0n) is 11.6. The van der Waals surface area contributed by atoms with Gasteiger partial charge in [-0.1, -0.05) is 6.07 Å². The third kappa shape index (κ3) is 2.48. The fraction of sp³-hybridized carbons (Fsp3) is 0.250. The second-order valence-corrected chi connectivity index (χ2v) is 4.92. The minimum atomic E-state index is -0.286. The monoisotopic (exact) mass is 282 g/mol. The van der Waals surface area contributed by atoms with Crippen molar-refractivity contribution in [3.05, 3.63) is 47.4 Å². The van der Waals surface area contributed by atoms with Crippen molar-refractivity contribution in [3.8, 4) is 11.8 Å². The van der Waals surface area contributed by atoms with Crippen molar-refractivity contribution in [3.63, 3.8) is 0 Å². The normalized spacial score (nSPS) is 13.5. The van der Waals surface area contributed by atoms with Gasteiger partial charge >= 0.3 is 0 Å². The van der Waals surface area contributed by atoms with E-state index < -0.39 is 0 Å². The highest BCUT2D eigenvalue weighted by Crippen LogP contribution is 2.42. The molecule has 1 aliphatic rings. The molecule has 0 aliphatic heterocycles. The molecule has 1 N–H and O–H groups in total. The van der Waals surface area contributed by atoms with Crippen molar-refractivity contribution in [2.75, 3.05) is 12.4 Å². The van der Waals surface area contributed by atoms with Crippen LogP contribution in [0.15, 0.2) is 34.9 Å². The van der Waals surface area contributed by atoms with Crippen LogP contribution in [0.2, 0.25) is 0 Å². The summed E-state index contributed by atoms with van der Waals surface area (Å²) in [5.41, 5.74) is 1.27. The van der Waals surface area contributed by atoms with Crippen LogP contribution in [0.4, 0.5) is 5.69 Å². The summed E-state index contributed by atoms with van der Waals surface area (Å²) in [6, 6.07) is 8.75. The number of carbonyl (C=O) groups excluding carboxylic acids is 1. The van der Waals surface area contributed by atoms with E-state index >= 15 is 0 Å².